The second-order valence-electron chi connectivity index (χ2n) is 8.23. The second kappa shape index (κ2) is 8.37. The van der Waals surface area contributed by atoms with Crippen molar-refractivity contribution in [2.24, 2.45) is 0 Å². The summed E-state index contributed by atoms with van der Waals surface area (Å²) in [5.41, 5.74) is 2.99. The van der Waals surface area contributed by atoms with Gasteiger partial charge in [0.2, 0.25) is 0 Å². The number of rotatable bonds is 4. The van der Waals surface area contributed by atoms with Gasteiger partial charge in [0.25, 0.3) is 10.0 Å². The predicted molar refractivity (Wildman–Crippen MR) is 138 cm³/mol. The van der Waals surface area contributed by atoms with E-state index in [1.54, 1.807) is 25.1 Å². The number of pyridine rings is 1. The number of aromatic amines is 2. The van der Waals surface area contributed by atoms with Crippen LogP contribution in [0.25, 0.3) is 33.1 Å². The number of benzene rings is 3. The molecular weight excluding hydrogens is 488 g/mol. The van der Waals surface area contributed by atoms with Crippen molar-refractivity contribution in [3.05, 3.63) is 97.7 Å². The lowest BCUT2D eigenvalue weighted by atomic mass is 10.0. The molecule has 0 spiro atoms. The molecule has 0 radical (unpaired) electrons. The van der Waals surface area contributed by atoms with E-state index in [0.717, 1.165) is 27.7 Å². The molecular formula is C25H19ClN4O4S. The lowest BCUT2D eigenvalue weighted by Gasteiger charge is -2.13. The molecule has 2 aromatic heterocycles. The molecule has 3 N–H and O–H groups in total. The molecule has 176 valence electrons. The Balaban J connectivity index is 1.49. The van der Waals surface area contributed by atoms with Crippen LogP contribution in [0.2, 0.25) is 5.02 Å². The quantitative estimate of drug-likeness (QED) is 0.309. The first-order valence-corrected chi connectivity index (χ1v) is 12.4. The van der Waals surface area contributed by atoms with Crippen LogP contribution in [-0.2, 0) is 10.0 Å². The molecule has 2 heterocycles. The van der Waals surface area contributed by atoms with Gasteiger partial charge in [0.05, 0.1) is 32.2 Å². The van der Waals surface area contributed by atoms with Crippen molar-refractivity contribution >= 4 is 49.2 Å². The summed E-state index contributed by atoms with van der Waals surface area (Å²) in [6.45, 7) is 3.53. The topological polar surface area (TPSA) is 125 Å². The maximum atomic E-state index is 13.1. The number of aryl methyl sites for hydroxylation is 2. The number of H-pyrrole nitrogens is 2. The fourth-order valence-corrected chi connectivity index (χ4v) is 5.55. The molecule has 8 nitrogen and oxygen atoms in total. The minimum Gasteiger partial charge on any atom is -0.316 e. The van der Waals surface area contributed by atoms with Crippen molar-refractivity contribution < 1.29 is 8.42 Å². The van der Waals surface area contributed by atoms with Gasteiger partial charge in [-0.15, -0.1) is 0 Å². The Hall–Kier alpha value is -3.95. The van der Waals surface area contributed by atoms with E-state index < -0.39 is 21.1 Å². The molecule has 0 atom stereocenters. The van der Waals surface area contributed by atoms with E-state index in [1.165, 1.54) is 12.1 Å². The van der Waals surface area contributed by atoms with Gasteiger partial charge in [0.15, 0.2) is 0 Å². The first-order valence-electron chi connectivity index (χ1n) is 10.6. The maximum absolute atomic E-state index is 13.1. The van der Waals surface area contributed by atoms with Crippen LogP contribution in [0, 0.1) is 13.8 Å². The number of nitrogens with zero attached hydrogens (tertiary/aromatic N) is 1. The summed E-state index contributed by atoms with van der Waals surface area (Å²) in [5, 5.41) is 1.35. The largest absolute Gasteiger partial charge is 0.316 e. The zero-order valence-corrected chi connectivity index (χ0v) is 20.2. The van der Waals surface area contributed by atoms with E-state index >= 15 is 0 Å². The van der Waals surface area contributed by atoms with E-state index in [0.29, 0.717) is 16.1 Å². The van der Waals surface area contributed by atoms with Crippen LogP contribution in [0.4, 0.5) is 5.69 Å². The number of aromatic nitrogens is 3. The number of hydrogen-bond acceptors (Lipinski definition) is 5. The summed E-state index contributed by atoms with van der Waals surface area (Å²) in [5.74, 6) is 0. The third kappa shape index (κ3) is 4.31. The number of nitrogens with one attached hydrogen (secondary N) is 3. The SMILES string of the molecule is Cc1ccc2cc(-c3ccc(NS(=O)(=O)c4cc5[nH]c(=O)c(=O)[nH]c5cc4C)cc3Cl)ccc2n1. The van der Waals surface area contributed by atoms with Gasteiger partial charge in [-0.25, -0.2) is 8.42 Å². The van der Waals surface area contributed by atoms with Crippen LogP contribution < -0.4 is 15.8 Å². The minimum absolute atomic E-state index is 0.0368. The van der Waals surface area contributed by atoms with Crippen molar-refractivity contribution in [1.82, 2.24) is 15.0 Å². The molecule has 0 amide bonds. The average Bonchev–Trinajstić information content (AvgIpc) is 2.79. The lowest BCUT2D eigenvalue weighted by molar-refractivity contribution is 0.600. The zero-order chi connectivity index (χ0) is 24.9. The molecule has 0 saturated carbocycles. The van der Waals surface area contributed by atoms with Crippen LogP contribution in [0.5, 0.6) is 0 Å². The Morgan fingerprint density at radius 3 is 2.29 bits per heavy atom. The van der Waals surface area contributed by atoms with Crippen molar-refractivity contribution in [2.45, 2.75) is 18.7 Å². The van der Waals surface area contributed by atoms with Crippen molar-refractivity contribution in [3.63, 3.8) is 0 Å². The summed E-state index contributed by atoms with van der Waals surface area (Å²) in [4.78, 5) is 32.5. The van der Waals surface area contributed by atoms with Crippen molar-refractivity contribution in [2.75, 3.05) is 4.72 Å². The summed E-state index contributed by atoms with van der Waals surface area (Å²) in [6.07, 6.45) is 0. The summed E-state index contributed by atoms with van der Waals surface area (Å²) >= 11 is 6.53. The molecule has 0 unspecified atom stereocenters. The fraction of sp³-hybridized carbons (Fsp3) is 0.0800. The van der Waals surface area contributed by atoms with E-state index in [-0.39, 0.29) is 16.1 Å². The Bertz CT molecular complexity index is 1880. The first-order chi connectivity index (χ1) is 16.6. The number of sulfonamides is 1. The van der Waals surface area contributed by atoms with Crippen LogP contribution in [0.15, 0.2) is 75.1 Å². The molecule has 0 bridgehead atoms. The molecule has 3 aromatic carbocycles. The number of hydrogen-bond donors (Lipinski definition) is 3. The van der Waals surface area contributed by atoms with Crippen LogP contribution in [0.1, 0.15) is 11.3 Å². The van der Waals surface area contributed by atoms with Gasteiger partial charge < -0.3 is 9.97 Å². The van der Waals surface area contributed by atoms with Crippen molar-refractivity contribution in [1.29, 1.82) is 0 Å². The first kappa shape index (κ1) is 22.8. The highest BCUT2D eigenvalue weighted by atomic mass is 35.5. The molecule has 10 heteroatoms. The fourth-order valence-electron chi connectivity index (χ4n) is 3.96. The van der Waals surface area contributed by atoms with Crippen LogP contribution >= 0.6 is 11.6 Å². The molecule has 0 aliphatic carbocycles. The van der Waals surface area contributed by atoms with Crippen molar-refractivity contribution in [3.8, 4) is 11.1 Å². The predicted octanol–water partition coefficient (Wildman–Crippen LogP) is 4.50. The molecule has 5 rings (SSSR count). The molecule has 35 heavy (non-hydrogen) atoms. The third-order valence-electron chi connectivity index (χ3n) is 5.67. The lowest BCUT2D eigenvalue weighted by Crippen LogP contribution is -2.29. The Morgan fingerprint density at radius 2 is 1.57 bits per heavy atom. The van der Waals surface area contributed by atoms with Gasteiger partial charge in [-0.3, -0.25) is 19.3 Å². The Labute approximate surface area is 204 Å². The van der Waals surface area contributed by atoms with E-state index in [4.69, 9.17) is 11.6 Å². The smallest absolute Gasteiger partial charge is 0.314 e. The summed E-state index contributed by atoms with van der Waals surface area (Å²) in [6, 6.07) is 17.5. The Morgan fingerprint density at radius 1 is 0.857 bits per heavy atom. The average molecular weight is 507 g/mol. The van der Waals surface area contributed by atoms with Crippen LogP contribution in [-0.4, -0.2) is 23.4 Å². The molecule has 0 fully saturated rings. The van der Waals surface area contributed by atoms with Gasteiger partial charge in [0.1, 0.15) is 0 Å². The Kier molecular flexibility index (Phi) is 5.46. The van der Waals surface area contributed by atoms with E-state index in [2.05, 4.69) is 19.7 Å². The van der Waals surface area contributed by atoms with Gasteiger partial charge >= 0.3 is 11.1 Å². The van der Waals surface area contributed by atoms with Gasteiger partial charge in [-0.2, -0.15) is 0 Å². The summed E-state index contributed by atoms with van der Waals surface area (Å²) in [7, 11) is -4.02. The number of fused-ring (bicyclic) bond motifs is 2. The zero-order valence-electron chi connectivity index (χ0n) is 18.6. The van der Waals surface area contributed by atoms with E-state index in [1.807, 2.05) is 37.3 Å². The monoisotopic (exact) mass is 506 g/mol. The molecule has 0 aliphatic heterocycles. The van der Waals surface area contributed by atoms with Gasteiger partial charge in [-0.05, 0) is 67.4 Å². The maximum Gasteiger partial charge on any atom is 0.314 e. The molecule has 5 aromatic rings. The van der Waals surface area contributed by atoms with E-state index in [9.17, 15) is 18.0 Å². The normalized spacial score (nSPS) is 11.7. The summed E-state index contributed by atoms with van der Waals surface area (Å²) < 4.78 is 28.8. The second-order valence-corrected chi connectivity index (χ2v) is 10.3. The number of anilines is 1. The third-order valence-corrected chi connectivity index (χ3v) is 7.50. The highest BCUT2D eigenvalue weighted by Gasteiger charge is 2.19. The molecule has 0 aliphatic rings. The van der Waals surface area contributed by atoms with Gasteiger partial charge in [-0.1, -0.05) is 29.8 Å². The molecule has 0 saturated heterocycles. The standard InChI is InChI=1S/C25H19ClN4O4S/c1-13-9-21-22(29-25(32)24(31)28-21)12-23(13)35(33,34)30-17-6-7-18(19(26)11-17)15-5-8-20-16(10-15)4-3-14(2)27-20/h3-12,30H,1-2H3,(H,28,31)(H,29,32). The highest BCUT2D eigenvalue weighted by molar-refractivity contribution is 7.92. The van der Waals surface area contributed by atoms with Gasteiger partial charge in [0, 0.05) is 16.6 Å². The highest BCUT2D eigenvalue weighted by Crippen LogP contribution is 2.33. The minimum atomic E-state index is -4.02. The van der Waals surface area contributed by atoms with Crippen LogP contribution in [0.3, 0.4) is 0 Å². The number of halogens is 1.